The first kappa shape index (κ1) is 23.1. The molecule has 0 amide bonds. The van der Waals surface area contributed by atoms with Crippen molar-refractivity contribution in [1.29, 1.82) is 0 Å². The molecule has 35 heavy (non-hydrogen) atoms. The summed E-state index contributed by atoms with van der Waals surface area (Å²) in [7, 11) is -2.70. The molecule has 0 aliphatic heterocycles. The van der Waals surface area contributed by atoms with Crippen LogP contribution >= 0.6 is 7.26 Å². The van der Waals surface area contributed by atoms with E-state index in [1.165, 1.54) is 6.07 Å². The van der Waals surface area contributed by atoms with Gasteiger partial charge in [0.05, 0.1) is 0 Å². The third kappa shape index (κ3) is 4.07. The smallest absolute Gasteiger partial charge is 0.194 e. The van der Waals surface area contributed by atoms with Crippen LogP contribution in [-0.2, 0) is 0 Å². The van der Waals surface area contributed by atoms with Gasteiger partial charge in [0.15, 0.2) is 17.5 Å². The van der Waals surface area contributed by atoms with Crippen LogP contribution in [0.2, 0.25) is 0 Å². The van der Waals surface area contributed by atoms with Crippen molar-refractivity contribution in [2.24, 2.45) is 0 Å². The summed E-state index contributed by atoms with van der Waals surface area (Å²) in [6.07, 6.45) is 0. The van der Waals surface area contributed by atoms with Crippen LogP contribution in [0, 0.1) is 17.5 Å². The summed E-state index contributed by atoms with van der Waals surface area (Å²) in [5.74, 6) is -3.79. The van der Waals surface area contributed by atoms with Crippen LogP contribution in [0.15, 0.2) is 133 Å². The minimum absolute atomic E-state index is 0.139. The van der Waals surface area contributed by atoms with Gasteiger partial charge in [-0.25, -0.2) is 13.2 Å². The molecule has 1 atom stereocenters. The maximum absolute atomic E-state index is 15.7. The van der Waals surface area contributed by atoms with Gasteiger partial charge in [-0.2, -0.15) is 0 Å². The van der Waals surface area contributed by atoms with E-state index in [1.54, 1.807) is 0 Å². The van der Waals surface area contributed by atoms with Crippen molar-refractivity contribution in [2.45, 2.75) is 5.66 Å². The molecule has 172 valence electrons. The van der Waals surface area contributed by atoms with Gasteiger partial charge in [-0.1, -0.05) is 84.9 Å². The molecular weight excluding hydrogens is 460 g/mol. The van der Waals surface area contributed by atoms with Crippen molar-refractivity contribution in [3.63, 3.8) is 0 Å². The summed E-state index contributed by atoms with van der Waals surface area (Å²) < 4.78 is 44.5. The van der Waals surface area contributed by atoms with Gasteiger partial charge < -0.3 is 0 Å². The molecule has 0 N–H and O–H groups in total. The molecule has 5 aromatic carbocycles. The Bertz CT molecular complexity index is 1310. The van der Waals surface area contributed by atoms with E-state index < -0.39 is 30.4 Å². The second kappa shape index (κ2) is 9.90. The lowest BCUT2D eigenvalue weighted by Crippen LogP contribution is -2.36. The van der Waals surface area contributed by atoms with Gasteiger partial charge in [-0.3, -0.25) is 0 Å². The largest absolute Gasteiger partial charge is 0.204 e. The molecule has 0 saturated carbocycles. The number of hydrogen-bond acceptors (Lipinski definition) is 0. The zero-order chi connectivity index (χ0) is 24.3. The maximum atomic E-state index is 15.7. The molecule has 4 heteroatoms. The fourth-order valence-electron chi connectivity index (χ4n) is 4.88. The molecule has 5 aromatic rings. The second-order valence-electron chi connectivity index (χ2n) is 8.31. The van der Waals surface area contributed by atoms with Crippen LogP contribution in [0.1, 0.15) is 16.8 Å². The lowest BCUT2D eigenvalue weighted by Gasteiger charge is -2.35. The predicted octanol–water partition coefficient (Wildman–Crippen LogP) is 7.19. The van der Waals surface area contributed by atoms with Gasteiger partial charge in [-0.05, 0) is 54.1 Å². The zero-order valence-corrected chi connectivity index (χ0v) is 19.8. The third-order valence-corrected chi connectivity index (χ3v) is 11.0. The van der Waals surface area contributed by atoms with Crippen molar-refractivity contribution in [3.05, 3.63) is 162 Å². The van der Waals surface area contributed by atoms with Gasteiger partial charge in [0, 0.05) is 5.56 Å². The fraction of sp³-hybridized carbons (Fsp3) is 0.0323. The van der Waals surface area contributed by atoms with Gasteiger partial charge in [0.25, 0.3) is 0 Å². The van der Waals surface area contributed by atoms with E-state index in [-0.39, 0.29) is 5.56 Å². The minimum Gasteiger partial charge on any atom is -0.204 e. The van der Waals surface area contributed by atoms with Gasteiger partial charge in [-0.15, -0.1) is 0 Å². The quantitative estimate of drug-likeness (QED) is 0.177. The van der Waals surface area contributed by atoms with Crippen molar-refractivity contribution in [1.82, 2.24) is 0 Å². The van der Waals surface area contributed by atoms with E-state index in [2.05, 4.69) is 36.4 Å². The number of benzene rings is 5. The summed E-state index contributed by atoms with van der Waals surface area (Å²) in [4.78, 5) is 0. The van der Waals surface area contributed by atoms with E-state index in [4.69, 9.17) is 0 Å². The Kier molecular flexibility index (Phi) is 6.53. The van der Waals surface area contributed by atoms with Crippen LogP contribution in [0.5, 0.6) is 0 Å². The van der Waals surface area contributed by atoms with Gasteiger partial charge >= 0.3 is 0 Å². The Hall–Kier alpha value is -3.68. The average Bonchev–Trinajstić information content (AvgIpc) is 2.93. The van der Waals surface area contributed by atoms with Crippen molar-refractivity contribution in [3.8, 4) is 0 Å². The predicted molar refractivity (Wildman–Crippen MR) is 140 cm³/mol. The fourth-order valence-corrected chi connectivity index (χ4v) is 9.84. The van der Waals surface area contributed by atoms with E-state index in [9.17, 15) is 8.78 Å². The summed E-state index contributed by atoms with van der Waals surface area (Å²) >= 11 is 0. The first-order valence-corrected chi connectivity index (χ1v) is 13.2. The molecule has 0 bridgehead atoms. The first-order chi connectivity index (χ1) is 17.1. The lowest BCUT2D eigenvalue weighted by atomic mass is 10.0. The Balaban J connectivity index is 1.98. The van der Waals surface area contributed by atoms with E-state index in [1.807, 2.05) is 84.9 Å². The Labute approximate surface area is 204 Å². The lowest BCUT2D eigenvalue weighted by molar-refractivity contribution is 0.441. The van der Waals surface area contributed by atoms with Gasteiger partial charge in [0.1, 0.15) is 28.8 Å². The summed E-state index contributed by atoms with van der Waals surface area (Å²) in [5, 5.41) is 3.07. The van der Waals surface area contributed by atoms with Crippen LogP contribution in [0.25, 0.3) is 0 Å². The molecule has 0 saturated heterocycles. The molecule has 0 radical (unpaired) electrons. The molecule has 0 aromatic heterocycles. The molecule has 0 nitrogen and oxygen atoms in total. The molecule has 5 rings (SSSR count). The van der Waals surface area contributed by atoms with Gasteiger partial charge in [0.2, 0.25) is 0 Å². The zero-order valence-electron chi connectivity index (χ0n) is 18.9. The number of rotatable bonds is 6. The Morgan fingerprint density at radius 2 is 0.829 bits per heavy atom. The highest BCUT2D eigenvalue weighted by atomic mass is 31.2. The number of halogens is 3. The monoisotopic (exact) mass is 483 g/mol. The highest BCUT2D eigenvalue weighted by molar-refractivity contribution is 7.96. The average molecular weight is 483 g/mol. The Morgan fingerprint density at radius 3 is 1.26 bits per heavy atom. The van der Waals surface area contributed by atoms with E-state index >= 15 is 4.39 Å². The SMILES string of the molecule is Fc1ccc(C(c2ccccc2)[P+](c2ccccc2)(c2ccccc2)c2ccccc2)c(F)c1F. The van der Waals surface area contributed by atoms with Crippen LogP contribution in [0.3, 0.4) is 0 Å². The highest BCUT2D eigenvalue weighted by Gasteiger charge is 2.54. The topological polar surface area (TPSA) is 0 Å². The van der Waals surface area contributed by atoms with Crippen molar-refractivity contribution < 1.29 is 13.2 Å². The maximum Gasteiger partial charge on any atom is 0.194 e. The normalized spacial score (nSPS) is 12.3. The van der Waals surface area contributed by atoms with Crippen LogP contribution in [-0.4, -0.2) is 0 Å². The molecule has 0 heterocycles. The van der Waals surface area contributed by atoms with Crippen LogP contribution in [0.4, 0.5) is 13.2 Å². The van der Waals surface area contributed by atoms with E-state index in [0.717, 1.165) is 27.5 Å². The molecule has 0 aliphatic carbocycles. The first-order valence-electron chi connectivity index (χ1n) is 11.4. The van der Waals surface area contributed by atoms with Crippen LogP contribution < -0.4 is 15.9 Å². The summed E-state index contributed by atoms with van der Waals surface area (Å²) in [5.41, 5.74) is 0.383. The molecule has 0 fully saturated rings. The minimum atomic E-state index is -2.70. The molecular formula is C31H23F3P+. The molecule has 1 unspecified atom stereocenters. The van der Waals surface area contributed by atoms with Crippen molar-refractivity contribution in [2.75, 3.05) is 0 Å². The molecule has 0 aliphatic rings. The highest BCUT2D eigenvalue weighted by Crippen LogP contribution is 2.69. The molecule has 0 spiro atoms. The standard InChI is InChI=1S/C31H23F3P/c32-28-22-21-27(29(33)30(28)34)31(23-13-5-1-6-14-23)35(24-15-7-2-8-16-24,25-17-9-3-10-18-25)26-19-11-4-12-20-26/h1-22,31H/q+1. The Morgan fingerprint density at radius 1 is 0.429 bits per heavy atom. The summed E-state index contributed by atoms with van der Waals surface area (Å²) in [6.45, 7) is 0. The second-order valence-corrected chi connectivity index (χ2v) is 11.8. The number of hydrogen-bond donors (Lipinski definition) is 0. The summed E-state index contributed by atoms with van der Waals surface area (Å²) in [6, 6.07) is 42.0. The van der Waals surface area contributed by atoms with Crippen molar-refractivity contribution >= 4 is 23.2 Å². The third-order valence-electron chi connectivity index (χ3n) is 6.35. The van der Waals surface area contributed by atoms with E-state index in [0.29, 0.717) is 0 Å².